The molecule has 7 heteroatoms. The molecule has 1 aliphatic heterocycles. The van der Waals surface area contributed by atoms with E-state index in [4.69, 9.17) is 4.74 Å². The lowest BCUT2D eigenvalue weighted by Crippen LogP contribution is -2.43. The van der Waals surface area contributed by atoms with E-state index >= 15 is 0 Å². The Kier molecular flexibility index (Phi) is 7.12. The SMILES string of the molecule is C[C@@H]1[C@H](C)CCC[C@H]1NC(=O)CCc1ccc(S(=O)(=O)N2CCOCC2)cc1. The Balaban J connectivity index is 1.52. The minimum Gasteiger partial charge on any atom is -0.379 e. The van der Waals surface area contributed by atoms with Crippen molar-refractivity contribution in [3.63, 3.8) is 0 Å². The molecule has 2 fully saturated rings. The van der Waals surface area contributed by atoms with Gasteiger partial charge in [0.2, 0.25) is 15.9 Å². The fourth-order valence-corrected chi connectivity index (χ4v) is 5.49. The van der Waals surface area contributed by atoms with Gasteiger partial charge in [-0.1, -0.05) is 38.8 Å². The first-order valence-corrected chi connectivity index (χ1v) is 11.8. The van der Waals surface area contributed by atoms with Gasteiger partial charge < -0.3 is 10.1 Å². The summed E-state index contributed by atoms with van der Waals surface area (Å²) < 4.78 is 32.0. The number of ether oxygens (including phenoxy) is 1. The first-order chi connectivity index (χ1) is 13.4. The summed E-state index contributed by atoms with van der Waals surface area (Å²) in [6.45, 7) is 6.14. The Labute approximate surface area is 168 Å². The van der Waals surface area contributed by atoms with Crippen LogP contribution in [-0.2, 0) is 26.0 Å². The van der Waals surface area contributed by atoms with Crippen molar-refractivity contribution in [2.24, 2.45) is 11.8 Å². The summed E-state index contributed by atoms with van der Waals surface area (Å²) in [7, 11) is -3.47. The molecule has 0 unspecified atom stereocenters. The molecule has 156 valence electrons. The van der Waals surface area contributed by atoms with Crippen LogP contribution >= 0.6 is 0 Å². The minimum atomic E-state index is -3.47. The van der Waals surface area contributed by atoms with E-state index in [1.54, 1.807) is 12.1 Å². The molecule has 1 N–H and O–H groups in total. The fourth-order valence-electron chi connectivity index (χ4n) is 4.09. The van der Waals surface area contributed by atoms with Gasteiger partial charge in [0.25, 0.3) is 0 Å². The van der Waals surface area contributed by atoms with E-state index in [1.165, 1.54) is 17.1 Å². The first kappa shape index (κ1) is 21.3. The number of benzene rings is 1. The van der Waals surface area contributed by atoms with Gasteiger partial charge in [-0.15, -0.1) is 0 Å². The molecule has 1 amide bonds. The van der Waals surface area contributed by atoms with E-state index in [9.17, 15) is 13.2 Å². The summed E-state index contributed by atoms with van der Waals surface area (Å²) in [4.78, 5) is 12.6. The highest BCUT2D eigenvalue weighted by Crippen LogP contribution is 2.29. The molecular formula is C21H32N2O4S. The van der Waals surface area contributed by atoms with Gasteiger partial charge in [0.1, 0.15) is 0 Å². The second-order valence-corrected chi connectivity index (χ2v) is 10.0. The van der Waals surface area contributed by atoms with Gasteiger partial charge in [-0.05, 0) is 42.4 Å². The van der Waals surface area contributed by atoms with E-state index in [1.807, 2.05) is 12.1 Å². The number of carbonyl (C=O) groups is 1. The quantitative estimate of drug-likeness (QED) is 0.785. The van der Waals surface area contributed by atoms with Gasteiger partial charge in [0.05, 0.1) is 18.1 Å². The molecule has 28 heavy (non-hydrogen) atoms. The number of nitrogens with zero attached hydrogens (tertiary/aromatic N) is 1. The smallest absolute Gasteiger partial charge is 0.243 e. The van der Waals surface area contributed by atoms with Crippen molar-refractivity contribution in [2.75, 3.05) is 26.3 Å². The number of sulfonamides is 1. The predicted octanol–water partition coefficient (Wildman–Crippen LogP) is 2.58. The molecule has 1 saturated carbocycles. The fraction of sp³-hybridized carbons (Fsp3) is 0.667. The molecule has 0 radical (unpaired) electrons. The summed E-state index contributed by atoms with van der Waals surface area (Å²) in [5.41, 5.74) is 0.973. The highest BCUT2D eigenvalue weighted by molar-refractivity contribution is 7.89. The summed E-state index contributed by atoms with van der Waals surface area (Å²) in [6.07, 6.45) is 4.52. The van der Waals surface area contributed by atoms with E-state index in [0.29, 0.717) is 55.9 Å². The zero-order valence-electron chi connectivity index (χ0n) is 16.9. The standard InChI is InChI=1S/C21H32N2O4S/c1-16-4-3-5-20(17(16)2)22-21(24)11-8-18-6-9-19(10-7-18)28(25,26)23-12-14-27-15-13-23/h6-7,9-10,16-17,20H,3-5,8,11-15H2,1-2H3,(H,22,24)/t16-,17-,20-/m1/s1. The monoisotopic (exact) mass is 408 g/mol. The third-order valence-corrected chi connectivity index (χ3v) is 8.14. The van der Waals surface area contributed by atoms with Crippen LogP contribution in [0.4, 0.5) is 0 Å². The molecule has 0 bridgehead atoms. The van der Waals surface area contributed by atoms with E-state index in [0.717, 1.165) is 12.0 Å². The lowest BCUT2D eigenvalue weighted by atomic mass is 9.78. The average molecular weight is 409 g/mol. The van der Waals surface area contributed by atoms with Crippen molar-refractivity contribution in [1.29, 1.82) is 0 Å². The molecule has 3 atom stereocenters. The van der Waals surface area contributed by atoms with Crippen LogP contribution in [0.1, 0.15) is 45.1 Å². The van der Waals surface area contributed by atoms with E-state index in [2.05, 4.69) is 19.2 Å². The first-order valence-electron chi connectivity index (χ1n) is 10.3. The molecule has 1 saturated heterocycles. The molecule has 1 aliphatic carbocycles. The number of aryl methyl sites for hydroxylation is 1. The highest BCUT2D eigenvalue weighted by Gasteiger charge is 2.28. The Hall–Kier alpha value is -1.44. The van der Waals surface area contributed by atoms with Crippen molar-refractivity contribution >= 4 is 15.9 Å². The van der Waals surface area contributed by atoms with Crippen molar-refractivity contribution in [1.82, 2.24) is 9.62 Å². The van der Waals surface area contributed by atoms with Gasteiger partial charge in [0.15, 0.2) is 0 Å². The molecule has 3 rings (SSSR count). The molecular weight excluding hydrogens is 376 g/mol. The Morgan fingerprint density at radius 1 is 1.14 bits per heavy atom. The summed E-state index contributed by atoms with van der Waals surface area (Å²) in [6, 6.07) is 7.18. The van der Waals surface area contributed by atoms with Gasteiger partial charge in [-0.3, -0.25) is 4.79 Å². The summed E-state index contributed by atoms with van der Waals surface area (Å²) in [5.74, 6) is 1.25. The van der Waals surface area contributed by atoms with Crippen LogP contribution in [0, 0.1) is 11.8 Å². The largest absolute Gasteiger partial charge is 0.379 e. The average Bonchev–Trinajstić information content (AvgIpc) is 2.71. The van der Waals surface area contributed by atoms with Crippen LogP contribution in [0.3, 0.4) is 0 Å². The van der Waals surface area contributed by atoms with Crippen LogP contribution < -0.4 is 5.32 Å². The number of amides is 1. The molecule has 1 heterocycles. The molecule has 2 aliphatic rings. The third kappa shape index (κ3) is 5.13. The van der Waals surface area contributed by atoms with Gasteiger partial charge >= 0.3 is 0 Å². The Bertz CT molecular complexity index is 757. The van der Waals surface area contributed by atoms with E-state index < -0.39 is 10.0 Å². The lowest BCUT2D eigenvalue weighted by Gasteiger charge is -2.34. The summed E-state index contributed by atoms with van der Waals surface area (Å²) in [5, 5.41) is 3.19. The van der Waals surface area contributed by atoms with E-state index in [-0.39, 0.29) is 11.9 Å². The van der Waals surface area contributed by atoms with Crippen molar-refractivity contribution < 1.29 is 17.9 Å². The zero-order chi connectivity index (χ0) is 20.1. The maximum absolute atomic E-state index is 12.6. The highest BCUT2D eigenvalue weighted by atomic mass is 32.2. The molecule has 1 aromatic carbocycles. The number of morpholine rings is 1. The van der Waals surface area contributed by atoms with Gasteiger partial charge in [-0.2, -0.15) is 4.31 Å². The topological polar surface area (TPSA) is 75.7 Å². The maximum Gasteiger partial charge on any atom is 0.243 e. The summed E-state index contributed by atoms with van der Waals surface area (Å²) >= 11 is 0. The number of hydrogen-bond donors (Lipinski definition) is 1. The lowest BCUT2D eigenvalue weighted by molar-refractivity contribution is -0.122. The van der Waals surface area contributed by atoms with Crippen LogP contribution in [0.5, 0.6) is 0 Å². The number of nitrogens with one attached hydrogen (secondary N) is 1. The second kappa shape index (κ2) is 9.37. The molecule has 0 aromatic heterocycles. The number of hydrogen-bond acceptors (Lipinski definition) is 4. The van der Waals surface area contributed by atoms with Crippen LogP contribution in [0.25, 0.3) is 0 Å². The van der Waals surface area contributed by atoms with Gasteiger partial charge in [0, 0.05) is 25.6 Å². The predicted molar refractivity (Wildman–Crippen MR) is 108 cm³/mol. The third-order valence-electron chi connectivity index (χ3n) is 6.23. The Morgan fingerprint density at radius 3 is 2.50 bits per heavy atom. The van der Waals surface area contributed by atoms with Crippen LogP contribution in [-0.4, -0.2) is 51.0 Å². The van der Waals surface area contributed by atoms with Crippen molar-refractivity contribution in [3.8, 4) is 0 Å². The van der Waals surface area contributed by atoms with Crippen LogP contribution in [0.2, 0.25) is 0 Å². The molecule has 6 nitrogen and oxygen atoms in total. The maximum atomic E-state index is 12.6. The molecule has 1 aromatic rings. The second-order valence-electron chi connectivity index (χ2n) is 8.10. The van der Waals surface area contributed by atoms with Gasteiger partial charge in [-0.25, -0.2) is 8.42 Å². The van der Waals surface area contributed by atoms with Crippen molar-refractivity contribution in [2.45, 2.75) is 56.9 Å². The normalized spacial score (nSPS) is 26.7. The molecule has 0 spiro atoms. The van der Waals surface area contributed by atoms with Crippen LogP contribution in [0.15, 0.2) is 29.2 Å². The zero-order valence-corrected chi connectivity index (χ0v) is 17.7. The number of carbonyl (C=O) groups excluding carboxylic acids is 1. The van der Waals surface area contributed by atoms with Crippen molar-refractivity contribution in [3.05, 3.63) is 29.8 Å². The Morgan fingerprint density at radius 2 is 1.82 bits per heavy atom. The number of rotatable bonds is 6. The minimum absolute atomic E-state index is 0.0796.